The molecule has 8 heteroatoms. The van der Waals surface area contributed by atoms with Gasteiger partial charge in [0, 0.05) is 18.3 Å². The highest BCUT2D eigenvalue weighted by atomic mass is 16.1. The van der Waals surface area contributed by atoms with Gasteiger partial charge in [-0.2, -0.15) is 5.10 Å². The fourth-order valence-corrected chi connectivity index (χ4v) is 3.43. The summed E-state index contributed by atoms with van der Waals surface area (Å²) in [6.45, 7) is 8.26. The second-order valence-corrected chi connectivity index (χ2v) is 8.30. The van der Waals surface area contributed by atoms with E-state index in [0.29, 0.717) is 34.8 Å². The maximum absolute atomic E-state index is 12.6. The van der Waals surface area contributed by atoms with E-state index in [4.69, 9.17) is 10.8 Å². The third-order valence-corrected chi connectivity index (χ3v) is 5.22. The zero-order valence-electron chi connectivity index (χ0n) is 18.0. The molecule has 4 rings (SSSR count). The zero-order valence-corrected chi connectivity index (χ0v) is 18.0. The molecule has 0 radical (unpaired) electrons. The Hall–Kier alpha value is -3.81. The summed E-state index contributed by atoms with van der Waals surface area (Å²) in [6, 6.07) is 11.7. The number of amides is 1. The quantitative estimate of drug-likeness (QED) is 0.517. The van der Waals surface area contributed by atoms with E-state index in [1.54, 1.807) is 16.9 Å². The van der Waals surface area contributed by atoms with Crippen LogP contribution in [0.3, 0.4) is 0 Å². The minimum absolute atomic E-state index is 0.235. The van der Waals surface area contributed by atoms with Crippen molar-refractivity contribution < 1.29 is 4.79 Å². The van der Waals surface area contributed by atoms with Crippen molar-refractivity contribution in [3.05, 3.63) is 65.7 Å². The van der Waals surface area contributed by atoms with Crippen molar-refractivity contribution in [2.24, 2.45) is 0 Å². The van der Waals surface area contributed by atoms with Crippen LogP contribution in [0.4, 0.5) is 5.82 Å². The normalized spacial score (nSPS) is 11.6. The predicted octanol–water partition coefficient (Wildman–Crippen LogP) is 3.25. The Labute approximate surface area is 180 Å². The number of carbonyl (C=O) groups excluding carboxylic acids is 1. The van der Waals surface area contributed by atoms with Crippen LogP contribution in [0.2, 0.25) is 0 Å². The predicted molar refractivity (Wildman–Crippen MR) is 121 cm³/mol. The monoisotopic (exact) mass is 415 g/mol. The number of aromatic nitrogens is 5. The number of anilines is 1. The molecular formula is C23H25N7O. The topological polar surface area (TPSA) is 112 Å². The van der Waals surface area contributed by atoms with Gasteiger partial charge in [0.1, 0.15) is 23.5 Å². The molecule has 0 bridgehead atoms. The lowest BCUT2D eigenvalue weighted by Gasteiger charge is -2.26. The lowest BCUT2D eigenvalue weighted by atomic mass is 10.1. The van der Waals surface area contributed by atoms with Gasteiger partial charge in [0.2, 0.25) is 0 Å². The number of pyridine rings is 1. The smallest absolute Gasteiger partial charge is 0.269 e. The Morgan fingerprint density at radius 1 is 1.06 bits per heavy atom. The molecule has 0 aliphatic rings. The van der Waals surface area contributed by atoms with Crippen LogP contribution >= 0.6 is 0 Å². The Bertz CT molecular complexity index is 1260. The number of hydrogen-bond donors (Lipinski definition) is 2. The minimum atomic E-state index is -0.582. The lowest BCUT2D eigenvalue weighted by molar-refractivity contribution is 0.0931. The van der Waals surface area contributed by atoms with E-state index in [1.165, 1.54) is 6.33 Å². The van der Waals surface area contributed by atoms with Crippen molar-refractivity contribution in [1.82, 2.24) is 30.0 Å². The molecule has 0 aliphatic heterocycles. The third kappa shape index (κ3) is 3.96. The van der Waals surface area contributed by atoms with Gasteiger partial charge in [-0.1, -0.05) is 29.8 Å². The van der Waals surface area contributed by atoms with Gasteiger partial charge in [-0.25, -0.2) is 14.6 Å². The number of nitrogen functional groups attached to an aromatic ring is 1. The highest BCUT2D eigenvalue weighted by molar-refractivity contribution is 5.98. The van der Waals surface area contributed by atoms with Crippen LogP contribution in [0.25, 0.3) is 22.3 Å². The van der Waals surface area contributed by atoms with E-state index in [2.05, 4.69) is 20.3 Å². The molecule has 3 heterocycles. The summed E-state index contributed by atoms with van der Waals surface area (Å²) in [5.74, 6) is 0.136. The molecule has 8 nitrogen and oxygen atoms in total. The van der Waals surface area contributed by atoms with Gasteiger partial charge in [0.15, 0.2) is 5.65 Å². The van der Waals surface area contributed by atoms with Crippen LogP contribution in [0.1, 0.15) is 35.5 Å². The number of hydrogen-bond acceptors (Lipinski definition) is 6. The van der Waals surface area contributed by atoms with Crippen molar-refractivity contribution >= 4 is 22.8 Å². The van der Waals surface area contributed by atoms with Crippen molar-refractivity contribution in [2.75, 3.05) is 12.3 Å². The van der Waals surface area contributed by atoms with E-state index in [0.717, 1.165) is 16.7 Å². The first-order valence-electron chi connectivity index (χ1n) is 10.0. The molecule has 1 aromatic carbocycles. The summed E-state index contributed by atoms with van der Waals surface area (Å²) in [5, 5.41) is 8.52. The van der Waals surface area contributed by atoms with Crippen LogP contribution in [-0.4, -0.2) is 37.2 Å². The van der Waals surface area contributed by atoms with E-state index >= 15 is 0 Å². The van der Waals surface area contributed by atoms with Gasteiger partial charge >= 0.3 is 0 Å². The second-order valence-electron chi connectivity index (χ2n) is 8.30. The molecule has 0 fully saturated rings. The molecular weight excluding hydrogens is 390 g/mol. The SMILES string of the molecule is Cc1ccc(-c2nn(C(C)(C)CNC(=O)c3cc(C)ccn3)c3ncnc(N)c23)cc1. The number of aryl methyl sites for hydroxylation is 2. The Kier molecular flexibility index (Phi) is 5.14. The van der Waals surface area contributed by atoms with E-state index in [9.17, 15) is 4.79 Å². The van der Waals surface area contributed by atoms with Crippen LogP contribution < -0.4 is 11.1 Å². The van der Waals surface area contributed by atoms with Crippen LogP contribution in [0.5, 0.6) is 0 Å². The standard InChI is InChI=1S/C23H25N7O/c1-14-5-7-16(8-6-14)19-18-20(24)27-13-28-21(18)30(29-19)23(3,4)12-26-22(31)17-11-15(2)9-10-25-17/h5-11,13H,12H2,1-4H3,(H,26,31)(H2,24,27,28). The first-order valence-corrected chi connectivity index (χ1v) is 10.0. The van der Waals surface area contributed by atoms with Gasteiger partial charge in [-0.05, 0) is 45.4 Å². The van der Waals surface area contributed by atoms with Crippen LogP contribution in [0, 0.1) is 13.8 Å². The van der Waals surface area contributed by atoms with Gasteiger partial charge in [0.25, 0.3) is 5.91 Å². The molecule has 1 amide bonds. The minimum Gasteiger partial charge on any atom is -0.383 e. The average molecular weight is 416 g/mol. The largest absolute Gasteiger partial charge is 0.383 e. The van der Waals surface area contributed by atoms with Gasteiger partial charge in [-0.15, -0.1) is 0 Å². The molecule has 0 atom stereocenters. The van der Waals surface area contributed by atoms with Gasteiger partial charge in [-0.3, -0.25) is 9.78 Å². The average Bonchev–Trinajstić information content (AvgIpc) is 3.15. The summed E-state index contributed by atoms with van der Waals surface area (Å²) in [6.07, 6.45) is 3.06. The fourth-order valence-electron chi connectivity index (χ4n) is 3.43. The number of nitrogens with zero attached hydrogens (tertiary/aromatic N) is 5. The molecule has 158 valence electrons. The third-order valence-electron chi connectivity index (χ3n) is 5.22. The second kappa shape index (κ2) is 7.79. The molecule has 3 N–H and O–H groups in total. The van der Waals surface area contributed by atoms with Crippen molar-refractivity contribution in [1.29, 1.82) is 0 Å². The highest BCUT2D eigenvalue weighted by Crippen LogP contribution is 2.33. The summed E-state index contributed by atoms with van der Waals surface area (Å²) < 4.78 is 1.81. The molecule has 3 aromatic heterocycles. The number of benzene rings is 1. The summed E-state index contributed by atoms with van der Waals surface area (Å²) in [5.41, 5.74) is 10.4. The molecule has 0 saturated carbocycles. The molecule has 31 heavy (non-hydrogen) atoms. The number of fused-ring (bicyclic) bond motifs is 1. The molecule has 0 spiro atoms. The van der Waals surface area contributed by atoms with Gasteiger partial charge < -0.3 is 11.1 Å². The highest BCUT2D eigenvalue weighted by Gasteiger charge is 2.28. The first kappa shape index (κ1) is 20.5. The molecule has 0 saturated heterocycles. The van der Waals surface area contributed by atoms with Crippen LogP contribution in [0.15, 0.2) is 48.9 Å². The Morgan fingerprint density at radius 3 is 2.52 bits per heavy atom. The molecule has 0 aliphatic carbocycles. The Balaban J connectivity index is 1.70. The fraction of sp³-hybridized carbons (Fsp3) is 0.261. The van der Waals surface area contributed by atoms with Crippen molar-refractivity contribution in [2.45, 2.75) is 33.2 Å². The van der Waals surface area contributed by atoms with E-state index in [1.807, 2.05) is 58.0 Å². The summed E-state index contributed by atoms with van der Waals surface area (Å²) >= 11 is 0. The number of nitrogens with one attached hydrogen (secondary N) is 1. The van der Waals surface area contributed by atoms with Crippen molar-refractivity contribution in [3.63, 3.8) is 0 Å². The lowest BCUT2D eigenvalue weighted by Crippen LogP contribution is -2.41. The first-order chi connectivity index (χ1) is 14.8. The van der Waals surface area contributed by atoms with Crippen LogP contribution in [-0.2, 0) is 5.54 Å². The maximum atomic E-state index is 12.6. The summed E-state index contributed by atoms with van der Waals surface area (Å²) in [4.78, 5) is 25.4. The summed E-state index contributed by atoms with van der Waals surface area (Å²) in [7, 11) is 0. The Morgan fingerprint density at radius 2 is 1.81 bits per heavy atom. The number of carbonyl (C=O) groups is 1. The molecule has 4 aromatic rings. The van der Waals surface area contributed by atoms with Crippen molar-refractivity contribution in [3.8, 4) is 11.3 Å². The number of nitrogens with two attached hydrogens (primary N) is 1. The molecule has 0 unspecified atom stereocenters. The van der Waals surface area contributed by atoms with E-state index in [-0.39, 0.29) is 5.91 Å². The number of rotatable bonds is 5. The zero-order chi connectivity index (χ0) is 22.2. The van der Waals surface area contributed by atoms with E-state index < -0.39 is 5.54 Å². The van der Waals surface area contributed by atoms with Gasteiger partial charge in [0.05, 0.1) is 10.9 Å². The maximum Gasteiger partial charge on any atom is 0.269 e.